The number of nitrogens with zero attached hydrogens (tertiary/aromatic N) is 3. The number of aromatic nitrogens is 3. The number of amides is 2. The number of hydrogen-bond acceptors (Lipinski definition) is 5. The molecule has 1 atom stereocenters. The summed E-state index contributed by atoms with van der Waals surface area (Å²) in [5.41, 5.74) is 1.13. The molecule has 0 spiro atoms. The van der Waals surface area contributed by atoms with E-state index in [-0.39, 0.29) is 24.0 Å². The van der Waals surface area contributed by atoms with Crippen molar-refractivity contribution in [2.75, 3.05) is 10.6 Å². The molecule has 1 aromatic carbocycles. The Morgan fingerprint density at radius 3 is 2.65 bits per heavy atom. The average Bonchev–Trinajstić information content (AvgIpc) is 2.97. The minimum Gasteiger partial charge on any atom is -0.326 e. The van der Waals surface area contributed by atoms with Gasteiger partial charge in [-0.2, -0.15) is 10.1 Å². The maximum atomic E-state index is 12.1. The van der Waals surface area contributed by atoms with Crippen LogP contribution in [0.15, 0.2) is 24.3 Å². The zero-order valence-electron chi connectivity index (χ0n) is 12.7. The second-order valence-electron chi connectivity index (χ2n) is 5.32. The normalized spacial score (nSPS) is 15.9. The number of nitrogens with one attached hydrogen (secondary N) is 2. The van der Waals surface area contributed by atoms with E-state index in [0.29, 0.717) is 23.0 Å². The van der Waals surface area contributed by atoms with Crippen LogP contribution < -0.4 is 10.6 Å². The molecule has 8 nitrogen and oxygen atoms in total. The van der Waals surface area contributed by atoms with Crippen LogP contribution in [-0.4, -0.2) is 32.4 Å². The van der Waals surface area contributed by atoms with Gasteiger partial charge in [-0.05, 0) is 38.1 Å². The molecule has 0 saturated carbocycles. The second-order valence-corrected chi connectivity index (χ2v) is 5.32. The first-order valence-corrected chi connectivity index (χ1v) is 7.09. The molecule has 0 radical (unpaired) electrons. The van der Waals surface area contributed by atoms with Crippen LogP contribution in [0.4, 0.5) is 11.6 Å². The highest BCUT2D eigenvalue weighted by molar-refractivity contribution is 6.01. The number of ketones is 1. The van der Waals surface area contributed by atoms with Crippen molar-refractivity contribution in [3.8, 4) is 0 Å². The van der Waals surface area contributed by atoms with Crippen molar-refractivity contribution in [1.82, 2.24) is 14.8 Å². The first-order valence-electron chi connectivity index (χ1n) is 7.09. The number of fused-ring (bicyclic) bond motifs is 1. The lowest BCUT2D eigenvalue weighted by molar-refractivity contribution is -0.123. The van der Waals surface area contributed by atoms with Crippen LogP contribution in [0.1, 0.15) is 35.6 Å². The minimum absolute atomic E-state index is 0.0421. The number of anilines is 2. The van der Waals surface area contributed by atoms with E-state index in [1.54, 1.807) is 31.2 Å². The molecule has 2 heterocycles. The third-order valence-corrected chi connectivity index (χ3v) is 3.52. The molecule has 1 aliphatic rings. The van der Waals surface area contributed by atoms with Crippen molar-refractivity contribution in [3.05, 3.63) is 35.7 Å². The van der Waals surface area contributed by atoms with Gasteiger partial charge in [0.2, 0.25) is 11.9 Å². The van der Waals surface area contributed by atoms with Crippen LogP contribution >= 0.6 is 0 Å². The lowest BCUT2D eigenvalue weighted by Gasteiger charge is -2.10. The van der Waals surface area contributed by atoms with Gasteiger partial charge in [0.25, 0.3) is 5.91 Å². The summed E-state index contributed by atoms with van der Waals surface area (Å²) in [7, 11) is 0. The quantitative estimate of drug-likeness (QED) is 0.828. The van der Waals surface area contributed by atoms with Crippen LogP contribution in [0.2, 0.25) is 0 Å². The number of carbonyl (C=O) groups is 3. The minimum atomic E-state index is -0.706. The van der Waals surface area contributed by atoms with Crippen LogP contribution in [0, 0.1) is 6.92 Å². The van der Waals surface area contributed by atoms with Crippen LogP contribution in [0.5, 0.6) is 0 Å². The van der Waals surface area contributed by atoms with Crippen molar-refractivity contribution >= 4 is 29.2 Å². The molecule has 0 fully saturated rings. The Hall–Kier alpha value is -3.03. The summed E-state index contributed by atoms with van der Waals surface area (Å²) in [6, 6.07) is 5.86. The van der Waals surface area contributed by atoms with E-state index in [9.17, 15) is 14.4 Å². The number of Topliss-reactive ketones (excluding diaryl/α,β-unsaturated/α-hetero) is 1. The van der Waals surface area contributed by atoms with Crippen molar-refractivity contribution in [3.63, 3.8) is 0 Å². The van der Waals surface area contributed by atoms with Gasteiger partial charge in [-0.3, -0.25) is 19.7 Å². The fraction of sp³-hybridized carbons (Fsp3) is 0.267. The summed E-state index contributed by atoms with van der Waals surface area (Å²) in [4.78, 5) is 39.3. The van der Waals surface area contributed by atoms with Gasteiger partial charge in [-0.25, -0.2) is 4.68 Å². The molecular formula is C15H15N5O3. The number of hydrogen-bond donors (Lipinski definition) is 2. The van der Waals surface area contributed by atoms with Gasteiger partial charge >= 0.3 is 0 Å². The molecule has 23 heavy (non-hydrogen) atoms. The van der Waals surface area contributed by atoms with Gasteiger partial charge in [0, 0.05) is 11.3 Å². The maximum absolute atomic E-state index is 12.1. The zero-order chi connectivity index (χ0) is 16.6. The molecule has 3 rings (SSSR count). The third-order valence-electron chi connectivity index (χ3n) is 3.52. The summed E-state index contributed by atoms with van der Waals surface area (Å²) in [5.74, 6) is 0.227. The molecule has 0 saturated heterocycles. The van der Waals surface area contributed by atoms with E-state index in [0.717, 1.165) is 0 Å². The molecule has 1 aliphatic heterocycles. The molecule has 0 bridgehead atoms. The zero-order valence-corrected chi connectivity index (χ0v) is 12.7. The van der Waals surface area contributed by atoms with E-state index in [4.69, 9.17) is 0 Å². The Balaban J connectivity index is 1.67. The molecule has 1 aromatic heterocycles. The molecule has 8 heteroatoms. The monoisotopic (exact) mass is 313 g/mol. The molecule has 0 unspecified atom stereocenters. The fourth-order valence-corrected chi connectivity index (χ4v) is 2.39. The van der Waals surface area contributed by atoms with Gasteiger partial charge in [0.15, 0.2) is 5.78 Å². The van der Waals surface area contributed by atoms with Gasteiger partial charge in [0.05, 0.1) is 6.42 Å². The highest BCUT2D eigenvalue weighted by Crippen LogP contribution is 2.25. The van der Waals surface area contributed by atoms with Crippen LogP contribution in [0.3, 0.4) is 0 Å². The summed E-state index contributed by atoms with van der Waals surface area (Å²) in [6.45, 7) is 3.19. The number of rotatable bonds is 4. The van der Waals surface area contributed by atoms with Crippen molar-refractivity contribution < 1.29 is 14.4 Å². The van der Waals surface area contributed by atoms with E-state index in [1.807, 2.05) is 0 Å². The summed E-state index contributed by atoms with van der Waals surface area (Å²) in [6.07, 6.45) is -0.0455. The van der Waals surface area contributed by atoms with Gasteiger partial charge < -0.3 is 5.32 Å². The summed E-state index contributed by atoms with van der Waals surface area (Å²) < 4.78 is 1.43. The van der Waals surface area contributed by atoms with Gasteiger partial charge in [-0.1, -0.05) is 0 Å². The van der Waals surface area contributed by atoms with E-state index in [2.05, 4.69) is 20.7 Å². The average molecular weight is 313 g/mol. The number of carbonyl (C=O) groups excluding carboxylic acids is 3. The highest BCUT2D eigenvalue weighted by atomic mass is 16.2. The molecule has 2 amide bonds. The second kappa shape index (κ2) is 5.64. The molecule has 2 N–H and O–H groups in total. The molecular weight excluding hydrogens is 298 g/mol. The molecule has 2 aromatic rings. The van der Waals surface area contributed by atoms with Crippen LogP contribution in [-0.2, 0) is 9.59 Å². The number of aryl methyl sites for hydroxylation is 1. The Morgan fingerprint density at radius 1 is 1.30 bits per heavy atom. The van der Waals surface area contributed by atoms with Crippen LogP contribution in [0.25, 0.3) is 0 Å². The fourth-order valence-electron chi connectivity index (χ4n) is 2.39. The first-order chi connectivity index (χ1) is 10.9. The molecule has 0 aliphatic carbocycles. The SMILES string of the molecule is CC(=O)c1ccc(NC(=O)C[C@@H]2C(=O)Nc3nc(C)nn32)cc1. The Morgan fingerprint density at radius 2 is 2.00 bits per heavy atom. The first kappa shape index (κ1) is 14.9. The maximum Gasteiger partial charge on any atom is 0.252 e. The topological polar surface area (TPSA) is 106 Å². The highest BCUT2D eigenvalue weighted by Gasteiger charge is 2.34. The van der Waals surface area contributed by atoms with Crippen molar-refractivity contribution in [2.45, 2.75) is 26.3 Å². The van der Waals surface area contributed by atoms with E-state index in [1.165, 1.54) is 11.6 Å². The Kier molecular flexibility index (Phi) is 3.65. The Labute approximate surface area is 131 Å². The van der Waals surface area contributed by atoms with Gasteiger partial charge in [-0.15, -0.1) is 0 Å². The van der Waals surface area contributed by atoms with E-state index >= 15 is 0 Å². The van der Waals surface area contributed by atoms with E-state index < -0.39 is 6.04 Å². The predicted molar refractivity (Wildman–Crippen MR) is 82.1 cm³/mol. The Bertz CT molecular complexity index is 794. The standard InChI is InChI=1S/C15H15N5O3/c1-8(21)10-3-5-11(6-4-10)17-13(22)7-12-14(23)18-15-16-9(2)19-20(12)15/h3-6,12H,7H2,1-2H3,(H,17,22)(H,16,18,19,23)/t12-/m1/s1. The van der Waals surface area contributed by atoms with Crippen molar-refractivity contribution in [2.24, 2.45) is 0 Å². The largest absolute Gasteiger partial charge is 0.326 e. The lowest BCUT2D eigenvalue weighted by Crippen LogP contribution is -2.23. The number of benzene rings is 1. The summed E-state index contributed by atoms with van der Waals surface area (Å²) in [5, 5.41) is 9.41. The predicted octanol–water partition coefficient (Wildman–Crippen LogP) is 1.31. The lowest BCUT2D eigenvalue weighted by atomic mass is 10.1. The van der Waals surface area contributed by atoms with Crippen molar-refractivity contribution in [1.29, 1.82) is 0 Å². The smallest absolute Gasteiger partial charge is 0.252 e. The summed E-state index contributed by atoms with van der Waals surface area (Å²) >= 11 is 0. The molecule has 118 valence electrons. The van der Waals surface area contributed by atoms with Gasteiger partial charge in [0.1, 0.15) is 11.9 Å². The third kappa shape index (κ3) is 2.96.